The molecule has 25 heavy (non-hydrogen) atoms. The van der Waals surface area contributed by atoms with Crippen molar-refractivity contribution in [3.8, 4) is 5.75 Å². The van der Waals surface area contributed by atoms with Gasteiger partial charge in [0.05, 0.1) is 19.2 Å². The molecule has 7 nitrogen and oxygen atoms in total. The maximum absolute atomic E-state index is 11.9. The molecule has 1 heterocycles. The Labute approximate surface area is 153 Å². The number of nitrogens with one attached hydrogen (secondary N) is 1. The number of hydrogen-bond donors (Lipinski definition) is 1. The Hall–Kier alpha value is -2.32. The highest BCUT2D eigenvalue weighted by atomic mass is 35.5. The van der Waals surface area contributed by atoms with Crippen LogP contribution in [0.25, 0.3) is 0 Å². The number of carbonyl (C=O) groups is 2. The molecule has 0 aliphatic rings. The van der Waals surface area contributed by atoms with Crippen molar-refractivity contribution in [2.45, 2.75) is 19.9 Å². The smallest absolute Gasteiger partial charge is 0.308 e. The molecular formula is C16H17ClN2O5S. The lowest BCUT2D eigenvalue weighted by Gasteiger charge is -2.11. The summed E-state index contributed by atoms with van der Waals surface area (Å²) in [6.07, 6.45) is 0.00520. The number of halogens is 1. The van der Waals surface area contributed by atoms with Crippen LogP contribution in [0.5, 0.6) is 5.75 Å². The van der Waals surface area contributed by atoms with E-state index in [2.05, 4.69) is 5.32 Å². The molecule has 134 valence electrons. The summed E-state index contributed by atoms with van der Waals surface area (Å²) in [5, 5.41) is 4.72. The molecule has 0 unspecified atom stereocenters. The van der Waals surface area contributed by atoms with Crippen LogP contribution in [0.2, 0.25) is 5.02 Å². The van der Waals surface area contributed by atoms with E-state index in [9.17, 15) is 14.4 Å². The minimum absolute atomic E-state index is 0.00520. The van der Waals surface area contributed by atoms with E-state index in [-0.39, 0.29) is 17.8 Å². The second kappa shape index (κ2) is 8.68. The van der Waals surface area contributed by atoms with Crippen LogP contribution >= 0.6 is 22.9 Å². The quantitative estimate of drug-likeness (QED) is 0.741. The molecule has 0 atom stereocenters. The van der Waals surface area contributed by atoms with Gasteiger partial charge in [0.15, 0.2) is 6.61 Å². The van der Waals surface area contributed by atoms with Gasteiger partial charge in [-0.2, -0.15) is 0 Å². The van der Waals surface area contributed by atoms with Crippen molar-refractivity contribution in [2.75, 3.05) is 19.0 Å². The van der Waals surface area contributed by atoms with E-state index in [0.29, 0.717) is 16.5 Å². The van der Waals surface area contributed by atoms with Gasteiger partial charge >= 0.3 is 10.8 Å². The zero-order valence-electron chi connectivity index (χ0n) is 13.7. The Balaban J connectivity index is 1.83. The lowest BCUT2D eigenvalue weighted by molar-refractivity contribution is -0.147. The summed E-state index contributed by atoms with van der Waals surface area (Å²) in [7, 11) is 1.47. The Morgan fingerprint density at radius 2 is 2.12 bits per heavy atom. The number of ether oxygens (including phenoxy) is 2. The maximum Gasteiger partial charge on any atom is 0.308 e. The number of esters is 1. The van der Waals surface area contributed by atoms with Crippen molar-refractivity contribution in [1.29, 1.82) is 0 Å². The van der Waals surface area contributed by atoms with Crippen molar-refractivity contribution in [3.63, 3.8) is 0 Å². The largest absolute Gasteiger partial charge is 0.495 e. The van der Waals surface area contributed by atoms with Gasteiger partial charge in [0.25, 0.3) is 5.91 Å². The third kappa shape index (κ3) is 5.33. The van der Waals surface area contributed by atoms with E-state index < -0.39 is 18.5 Å². The fraction of sp³-hybridized carbons (Fsp3) is 0.312. The molecule has 1 aromatic heterocycles. The highest BCUT2D eigenvalue weighted by molar-refractivity contribution is 7.07. The fourth-order valence-corrected chi connectivity index (χ4v) is 2.99. The molecule has 1 aromatic carbocycles. The first kappa shape index (κ1) is 19.0. The first-order valence-corrected chi connectivity index (χ1v) is 8.60. The van der Waals surface area contributed by atoms with Crippen LogP contribution in [0.1, 0.15) is 12.1 Å². The van der Waals surface area contributed by atoms with Crippen LogP contribution in [0.4, 0.5) is 5.69 Å². The number of nitrogens with zero attached hydrogens (tertiary/aromatic N) is 1. The third-order valence-corrected chi connectivity index (χ3v) is 4.43. The van der Waals surface area contributed by atoms with Gasteiger partial charge in [0.1, 0.15) is 5.75 Å². The zero-order chi connectivity index (χ0) is 18.4. The average Bonchev–Trinajstić information content (AvgIpc) is 2.89. The number of anilines is 1. The molecule has 0 aliphatic heterocycles. The molecule has 0 bridgehead atoms. The van der Waals surface area contributed by atoms with E-state index in [0.717, 1.165) is 17.0 Å². The SMILES string of the molecule is COc1ccc(Cl)cc1NC(=O)COC(=O)CCn1c(C)csc1=O. The Morgan fingerprint density at radius 1 is 1.36 bits per heavy atom. The van der Waals surface area contributed by atoms with E-state index in [4.69, 9.17) is 21.1 Å². The van der Waals surface area contributed by atoms with Crippen LogP contribution < -0.4 is 14.9 Å². The Bertz CT molecular complexity index is 830. The van der Waals surface area contributed by atoms with Crippen molar-refractivity contribution >= 4 is 40.5 Å². The summed E-state index contributed by atoms with van der Waals surface area (Å²) < 4.78 is 11.5. The lowest BCUT2D eigenvalue weighted by Crippen LogP contribution is -2.23. The molecule has 9 heteroatoms. The molecule has 1 amide bonds. The lowest BCUT2D eigenvalue weighted by atomic mass is 10.3. The number of rotatable bonds is 7. The molecule has 2 aromatic rings. The first-order valence-electron chi connectivity index (χ1n) is 7.34. The molecule has 0 saturated heterocycles. The number of hydrogen-bond acceptors (Lipinski definition) is 6. The maximum atomic E-state index is 11.9. The summed E-state index contributed by atoms with van der Waals surface area (Å²) in [5.41, 5.74) is 1.17. The average molecular weight is 385 g/mol. The summed E-state index contributed by atoms with van der Waals surface area (Å²) >= 11 is 6.96. The Morgan fingerprint density at radius 3 is 2.76 bits per heavy atom. The molecule has 0 fully saturated rings. The Kier molecular flexibility index (Phi) is 6.60. The van der Waals surface area contributed by atoms with Gasteiger partial charge in [-0.05, 0) is 25.1 Å². The van der Waals surface area contributed by atoms with Gasteiger partial charge in [0, 0.05) is 22.6 Å². The van der Waals surface area contributed by atoms with E-state index in [1.807, 2.05) is 0 Å². The molecule has 0 saturated carbocycles. The monoisotopic (exact) mass is 384 g/mol. The van der Waals surface area contributed by atoms with Gasteiger partial charge in [-0.3, -0.25) is 14.4 Å². The molecular weight excluding hydrogens is 368 g/mol. The zero-order valence-corrected chi connectivity index (χ0v) is 15.3. The summed E-state index contributed by atoms with van der Waals surface area (Å²) in [5.74, 6) is -0.639. The number of benzene rings is 1. The highest BCUT2D eigenvalue weighted by Gasteiger charge is 2.12. The van der Waals surface area contributed by atoms with Crippen LogP contribution in [0.15, 0.2) is 28.4 Å². The standard InChI is InChI=1S/C16H17ClN2O5S/c1-10-9-25-16(22)19(10)6-5-15(21)24-8-14(20)18-12-7-11(17)3-4-13(12)23-2/h3-4,7,9H,5-6,8H2,1-2H3,(H,18,20). The normalized spacial score (nSPS) is 10.4. The molecule has 0 spiro atoms. The van der Waals surface area contributed by atoms with Crippen molar-refractivity contribution in [2.24, 2.45) is 0 Å². The van der Waals surface area contributed by atoms with Gasteiger partial charge in [-0.1, -0.05) is 22.9 Å². The number of thiazole rings is 1. The molecule has 0 aliphatic carbocycles. The predicted molar refractivity (Wildman–Crippen MR) is 95.5 cm³/mol. The van der Waals surface area contributed by atoms with Crippen LogP contribution in [0.3, 0.4) is 0 Å². The van der Waals surface area contributed by atoms with E-state index >= 15 is 0 Å². The second-order valence-corrected chi connectivity index (χ2v) is 6.36. The van der Waals surface area contributed by atoms with Crippen LogP contribution in [0, 0.1) is 6.92 Å². The summed E-state index contributed by atoms with van der Waals surface area (Å²) in [4.78, 5) is 35.1. The summed E-state index contributed by atoms with van der Waals surface area (Å²) in [6.45, 7) is 1.57. The molecule has 1 N–H and O–H groups in total. The van der Waals surface area contributed by atoms with Crippen LogP contribution in [-0.4, -0.2) is 30.2 Å². The second-order valence-electron chi connectivity index (χ2n) is 5.10. The number of methoxy groups -OCH3 is 1. The van der Waals surface area contributed by atoms with Crippen molar-refractivity contribution in [3.05, 3.63) is 44.0 Å². The predicted octanol–water partition coefficient (Wildman–Crippen LogP) is 2.45. The summed E-state index contributed by atoms with van der Waals surface area (Å²) in [6, 6.07) is 4.78. The fourth-order valence-electron chi connectivity index (χ4n) is 2.06. The third-order valence-electron chi connectivity index (χ3n) is 3.32. The number of aryl methyl sites for hydroxylation is 1. The van der Waals surface area contributed by atoms with Crippen molar-refractivity contribution in [1.82, 2.24) is 4.57 Å². The number of amides is 1. The number of aromatic nitrogens is 1. The molecule has 2 rings (SSSR count). The topological polar surface area (TPSA) is 86.6 Å². The van der Waals surface area contributed by atoms with Gasteiger partial charge in [-0.15, -0.1) is 0 Å². The van der Waals surface area contributed by atoms with E-state index in [1.54, 1.807) is 24.4 Å². The van der Waals surface area contributed by atoms with Gasteiger partial charge in [0.2, 0.25) is 0 Å². The molecule has 0 radical (unpaired) electrons. The highest BCUT2D eigenvalue weighted by Crippen LogP contribution is 2.27. The van der Waals surface area contributed by atoms with Gasteiger partial charge in [-0.25, -0.2) is 0 Å². The first-order chi connectivity index (χ1) is 11.9. The minimum Gasteiger partial charge on any atom is -0.495 e. The van der Waals surface area contributed by atoms with Gasteiger partial charge < -0.3 is 19.4 Å². The van der Waals surface area contributed by atoms with E-state index in [1.165, 1.54) is 17.7 Å². The number of carbonyl (C=O) groups excluding carboxylic acids is 2. The minimum atomic E-state index is -0.564. The van der Waals surface area contributed by atoms with Crippen molar-refractivity contribution < 1.29 is 19.1 Å². The van der Waals surface area contributed by atoms with Crippen LogP contribution in [-0.2, 0) is 20.9 Å².